The van der Waals surface area contributed by atoms with Gasteiger partial charge < -0.3 is 18.6 Å². The monoisotopic (exact) mass is 472 g/mol. The molecule has 0 amide bonds. The number of benzene rings is 2. The number of hydrogen-bond acceptors (Lipinski definition) is 7. The maximum Gasteiger partial charge on any atom is 0.316 e. The van der Waals surface area contributed by atoms with Gasteiger partial charge in [-0.05, 0) is 35.9 Å². The molecular formula is C22H24N4O6S. The van der Waals surface area contributed by atoms with E-state index in [4.69, 9.17) is 9.47 Å². The highest BCUT2D eigenvalue weighted by Gasteiger charge is 2.29. The molecule has 0 aliphatic carbocycles. The first-order valence-electron chi connectivity index (χ1n) is 10.6. The summed E-state index contributed by atoms with van der Waals surface area (Å²) in [4.78, 5) is 26.5. The minimum Gasteiger partial charge on any atom is -0.454 e. The van der Waals surface area contributed by atoms with E-state index in [2.05, 4.69) is 4.90 Å². The van der Waals surface area contributed by atoms with Crippen LogP contribution in [0.3, 0.4) is 0 Å². The summed E-state index contributed by atoms with van der Waals surface area (Å²) < 4.78 is 41.3. The van der Waals surface area contributed by atoms with Gasteiger partial charge in [0.1, 0.15) is 0 Å². The zero-order chi connectivity index (χ0) is 23.3. The third-order valence-electron chi connectivity index (χ3n) is 6.27. The zero-order valence-corrected chi connectivity index (χ0v) is 19.2. The second-order valence-corrected chi connectivity index (χ2v) is 10.2. The second kappa shape index (κ2) is 8.01. The maximum atomic E-state index is 13.3. The fraction of sp³-hybridized carbons (Fsp3) is 0.364. The predicted molar refractivity (Wildman–Crippen MR) is 121 cm³/mol. The van der Waals surface area contributed by atoms with Crippen molar-refractivity contribution in [1.29, 1.82) is 0 Å². The van der Waals surface area contributed by atoms with Crippen molar-refractivity contribution in [2.75, 3.05) is 33.0 Å². The van der Waals surface area contributed by atoms with Crippen LogP contribution in [-0.4, -0.2) is 59.7 Å². The fourth-order valence-corrected chi connectivity index (χ4v) is 5.74. The minimum absolute atomic E-state index is 0.105. The number of ether oxygens (including phenoxy) is 2. The zero-order valence-electron chi connectivity index (χ0n) is 18.4. The van der Waals surface area contributed by atoms with E-state index in [1.165, 1.54) is 39.7 Å². The van der Waals surface area contributed by atoms with Gasteiger partial charge in [-0.25, -0.2) is 8.42 Å². The summed E-state index contributed by atoms with van der Waals surface area (Å²) >= 11 is 0. The van der Waals surface area contributed by atoms with Gasteiger partial charge in [-0.15, -0.1) is 0 Å². The molecule has 2 aromatic carbocycles. The topological polar surface area (TPSA) is 103 Å². The SMILES string of the molecule is Cn1c(=O)c(=O)n(C)c2cc(S(=O)(=O)N3CCN(Cc4ccc5c(c4)OCO5)CC3)ccc21. The van der Waals surface area contributed by atoms with Crippen molar-refractivity contribution in [3.05, 3.63) is 62.7 Å². The van der Waals surface area contributed by atoms with Gasteiger partial charge in [-0.2, -0.15) is 4.31 Å². The molecule has 0 N–H and O–H groups in total. The van der Waals surface area contributed by atoms with Crippen LogP contribution in [0.2, 0.25) is 0 Å². The molecule has 3 heterocycles. The lowest BCUT2D eigenvalue weighted by Crippen LogP contribution is -2.48. The summed E-state index contributed by atoms with van der Waals surface area (Å²) in [5.41, 5.74) is 0.617. The average Bonchev–Trinajstić information content (AvgIpc) is 3.29. The Kier molecular flexibility index (Phi) is 5.26. The summed E-state index contributed by atoms with van der Waals surface area (Å²) in [5, 5.41) is 0. The number of aromatic nitrogens is 2. The van der Waals surface area contributed by atoms with E-state index in [1.807, 2.05) is 18.2 Å². The summed E-state index contributed by atoms with van der Waals surface area (Å²) in [6.45, 7) is 2.82. The van der Waals surface area contributed by atoms with Gasteiger partial charge in [0.05, 0.1) is 15.9 Å². The molecule has 10 nitrogen and oxygen atoms in total. The lowest BCUT2D eigenvalue weighted by Gasteiger charge is -2.34. The lowest BCUT2D eigenvalue weighted by atomic mass is 10.2. The summed E-state index contributed by atoms with van der Waals surface area (Å²) in [5.74, 6) is 1.47. The normalized spacial score (nSPS) is 17.0. The van der Waals surface area contributed by atoms with E-state index in [-0.39, 0.29) is 11.7 Å². The van der Waals surface area contributed by atoms with Crippen molar-refractivity contribution in [2.24, 2.45) is 14.1 Å². The molecule has 11 heteroatoms. The van der Waals surface area contributed by atoms with Crippen LogP contribution in [0.5, 0.6) is 11.5 Å². The van der Waals surface area contributed by atoms with E-state index >= 15 is 0 Å². The van der Waals surface area contributed by atoms with E-state index in [9.17, 15) is 18.0 Å². The third-order valence-corrected chi connectivity index (χ3v) is 8.17. The van der Waals surface area contributed by atoms with E-state index < -0.39 is 21.1 Å². The predicted octanol–water partition coefficient (Wildman–Crippen LogP) is 0.472. The molecule has 1 saturated heterocycles. The largest absolute Gasteiger partial charge is 0.454 e. The molecule has 3 aromatic rings. The molecule has 174 valence electrons. The third kappa shape index (κ3) is 3.71. The quantitative estimate of drug-likeness (QED) is 0.509. The van der Waals surface area contributed by atoms with Crippen molar-refractivity contribution in [3.8, 4) is 11.5 Å². The van der Waals surface area contributed by atoms with Gasteiger partial charge in [0.25, 0.3) is 0 Å². The van der Waals surface area contributed by atoms with Crippen molar-refractivity contribution >= 4 is 21.1 Å². The van der Waals surface area contributed by atoms with E-state index in [1.54, 1.807) is 6.07 Å². The van der Waals surface area contributed by atoms with Gasteiger partial charge in [0.2, 0.25) is 16.8 Å². The molecule has 0 radical (unpaired) electrons. The molecule has 1 aromatic heterocycles. The van der Waals surface area contributed by atoms with Gasteiger partial charge in [-0.1, -0.05) is 6.07 Å². The number of sulfonamides is 1. The Balaban J connectivity index is 1.33. The van der Waals surface area contributed by atoms with Crippen LogP contribution in [0, 0.1) is 0 Å². The Labute approximate surface area is 190 Å². The highest BCUT2D eigenvalue weighted by Crippen LogP contribution is 2.33. The lowest BCUT2D eigenvalue weighted by molar-refractivity contribution is 0.173. The van der Waals surface area contributed by atoms with Crippen molar-refractivity contribution in [3.63, 3.8) is 0 Å². The highest BCUT2D eigenvalue weighted by atomic mass is 32.2. The van der Waals surface area contributed by atoms with Crippen molar-refractivity contribution in [2.45, 2.75) is 11.4 Å². The Hall–Kier alpha value is -3.15. The molecule has 0 unspecified atom stereocenters. The van der Waals surface area contributed by atoms with Gasteiger partial charge in [-0.3, -0.25) is 14.5 Å². The van der Waals surface area contributed by atoms with Crippen LogP contribution in [0.1, 0.15) is 5.56 Å². The highest BCUT2D eigenvalue weighted by molar-refractivity contribution is 7.89. The summed E-state index contributed by atoms with van der Waals surface area (Å²) in [6.07, 6.45) is 0. The van der Waals surface area contributed by atoms with Crippen molar-refractivity contribution < 1.29 is 17.9 Å². The van der Waals surface area contributed by atoms with Crippen molar-refractivity contribution in [1.82, 2.24) is 18.3 Å². The van der Waals surface area contributed by atoms with Gasteiger partial charge >= 0.3 is 11.1 Å². The molecule has 0 atom stereocenters. The van der Waals surface area contributed by atoms with Crippen LogP contribution < -0.4 is 20.6 Å². The smallest absolute Gasteiger partial charge is 0.316 e. The molecule has 2 aliphatic rings. The van der Waals surface area contributed by atoms with Crippen LogP contribution in [-0.2, 0) is 30.7 Å². The van der Waals surface area contributed by atoms with Crippen LogP contribution in [0.4, 0.5) is 0 Å². The van der Waals surface area contributed by atoms with Crippen LogP contribution in [0.15, 0.2) is 50.9 Å². The van der Waals surface area contributed by atoms with Crippen LogP contribution in [0.25, 0.3) is 11.0 Å². The number of hydrogen-bond donors (Lipinski definition) is 0. The van der Waals surface area contributed by atoms with Gasteiger partial charge in [0, 0.05) is 46.8 Å². The van der Waals surface area contributed by atoms with E-state index in [0.29, 0.717) is 43.8 Å². The Morgan fingerprint density at radius 3 is 2.21 bits per heavy atom. The van der Waals surface area contributed by atoms with Crippen LogP contribution >= 0.6 is 0 Å². The molecule has 33 heavy (non-hydrogen) atoms. The molecule has 2 aliphatic heterocycles. The Morgan fingerprint density at radius 2 is 1.48 bits per heavy atom. The first kappa shape index (κ1) is 21.7. The summed E-state index contributed by atoms with van der Waals surface area (Å²) in [6, 6.07) is 10.4. The summed E-state index contributed by atoms with van der Waals surface area (Å²) in [7, 11) is -0.774. The molecular weight excluding hydrogens is 448 g/mol. The van der Waals surface area contributed by atoms with Gasteiger partial charge in [0.15, 0.2) is 11.5 Å². The second-order valence-electron chi connectivity index (χ2n) is 8.25. The molecule has 0 saturated carbocycles. The standard InChI is InChI=1S/C22H24N4O6S/c1-23-17-5-4-16(12-18(17)24(2)22(28)21(23)27)33(29,30)26-9-7-25(8-10-26)13-15-3-6-19-20(11-15)32-14-31-19/h3-6,11-12H,7-10,13-14H2,1-2H3. The minimum atomic E-state index is -3.74. The molecule has 1 fully saturated rings. The number of aryl methyl sites for hydroxylation is 2. The molecule has 5 rings (SSSR count). The Bertz CT molecular complexity index is 1470. The average molecular weight is 473 g/mol. The first-order valence-corrected chi connectivity index (χ1v) is 12.0. The van der Waals surface area contributed by atoms with E-state index in [0.717, 1.165) is 17.1 Å². The fourth-order valence-electron chi connectivity index (χ4n) is 4.30. The maximum absolute atomic E-state index is 13.3. The number of rotatable bonds is 4. The Morgan fingerprint density at radius 1 is 0.818 bits per heavy atom. The molecule has 0 spiro atoms. The number of nitrogens with zero attached hydrogens (tertiary/aromatic N) is 4. The number of fused-ring (bicyclic) bond motifs is 2. The first-order chi connectivity index (χ1) is 15.8. The number of piperazine rings is 1. The molecule has 0 bridgehead atoms.